The van der Waals surface area contributed by atoms with E-state index >= 15 is 0 Å². The molecule has 0 spiro atoms. The largest absolute Gasteiger partial charge is 0.395 e. The number of carbonyl (C=O) groups excluding carboxylic acids is 1. The minimum absolute atomic E-state index is 0.155. The first-order valence-electron chi connectivity index (χ1n) is 5.49. The van der Waals surface area contributed by atoms with E-state index in [1.807, 2.05) is 6.07 Å². The fourth-order valence-corrected chi connectivity index (χ4v) is 1.39. The number of nitrogens with zero attached hydrogens (tertiary/aromatic N) is 2. The highest BCUT2D eigenvalue weighted by atomic mass is 16.3. The minimum Gasteiger partial charge on any atom is -0.395 e. The number of amides is 2. The van der Waals surface area contributed by atoms with Crippen molar-refractivity contribution in [1.29, 1.82) is 5.26 Å². The maximum absolute atomic E-state index is 11.8. The second-order valence-corrected chi connectivity index (χ2v) is 3.55. The Hall–Kier alpha value is -2.10. The average molecular weight is 249 g/mol. The van der Waals surface area contributed by atoms with E-state index in [-0.39, 0.29) is 26.3 Å². The monoisotopic (exact) mass is 249 g/mol. The highest BCUT2D eigenvalue weighted by molar-refractivity contribution is 5.89. The maximum Gasteiger partial charge on any atom is 0.321 e. The number of urea groups is 1. The van der Waals surface area contributed by atoms with E-state index in [1.165, 1.54) is 4.90 Å². The number of aliphatic hydroxyl groups is 2. The molecule has 1 aromatic carbocycles. The second kappa shape index (κ2) is 7.27. The molecule has 0 aromatic heterocycles. The number of nitrogens with one attached hydrogen (secondary N) is 1. The van der Waals surface area contributed by atoms with Crippen LogP contribution in [0.5, 0.6) is 0 Å². The first kappa shape index (κ1) is 14.0. The van der Waals surface area contributed by atoms with Gasteiger partial charge in [0.05, 0.1) is 24.8 Å². The van der Waals surface area contributed by atoms with Crippen LogP contribution in [0.2, 0.25) is 0 Å². The highest BCUT2D eigenvalue weighted by Crippen LogP contribution is 2.09. The zero-order valence-electron chi connectivity index (χ0n) is 9.83. The van der Waals surface area contributed by atoms with Gasteiger partial charge in [-0.15, -0.1) is 0 Å². The summed E-state index contributed by atoms with van der Waals surface area (Å²) in [4.78, 5) is 13.1. The summed E-state index contributed by atoms with van der Waals surface area (Å²) in [7, 11) is 0. The van der Waals surface area contributed by atoms with E-state index in [9.17, 15) is 4.79 Å². The van der Waals surface area contributed by atoms with Gasteiger partial charge in [-0.1, -0.05) is 0 Å². The molecule has 0 aliphatic carbocycles. The van der Waals surface area contributed by atoms with Crippen LogP contribution >= 0.6 is 0 Å². The molecule has 0 unspecified atom stereocenters. The van der Waals surface area contributed by atoms with Crippen LogP contribution in [-0.4, -0.2) is 47.4 Å². The Bertz CT molecular complexity index is 419. The normalized spacial score (nSPS) is 9.61. The molecule has 0 saturated carbocycles. The number of benzene rings is 1. The van der Waals surface area contributed by atoms with E-state index in [1.54, 1.807) is 24.3 Å². The first-order valence-corrected chi connectivity index (χ1v) is 5.49. The Balaban J connectivity index is 2.63. The molecular formula is C12H15N3O3. The van der Waals surface area contributed by atoms with Gasteiger partial charge in [-0.25, -0.2) is 4.79 Å². The van der Waals surface area contributed by atoms with Gasteiger partial charge in [0.1, 0.15) is 0 Å². The van der Waals surface area contributed by atoms with Crippen LogP contribution in [0.4, 0.5) is 10.5 Å². The van der Waals surface area contributed by atoms with Crippen molar-refractivity contribution in [3.8, 4) is 6.07 Å². The molecule has 0 saturated heterocycles. The number of nitriles is 1. The van der Waals surface area contributed by atoms with Crippen LogP contribution in [0.25, 0.3) is 0 Å². The van der Waals surface area contributed by atoms with Crippen molar-refractivity contribution in [3.05, 3.63) is 29.8 Å². The number of aliphatic hydroxyl groups excluding tert-OH is 2. The topological polar surface area (TPSA) is 96.6 Å². The van der Waals surface area contributed by atoms with Gasteiger partial charge in [0.25, 0.3) is 0 Å². The smallest absolute Gasteiger partial charge is 0.321 e. The number of hydrogen-bond acceptors (Lipinski definition) is 4. The van der Waals surface area contributed by atoms with Gasteiger partial charge in [0, 0.05) is 18.8 Å². The molecule has 96 valence electrons. The fourth-order valence-electron chi connectivity index (χ4n) is 1.39. The zero-order chi connectivity index (χ0) is 13.4. The SMILES string of the molecule is N#Cc1ccc(NC(=O)N(CCO)CCO)cc1. The quantitative estimate of drug-likeness (QED) is 0.702. The Morgan fingerprint density at radius 2 is 1.78 bits per heavy atom. The van der Waals surface area contributed by atoms with Crippen LogP contribution in [0, 0.1) is 11.3 Å². The van der Waals surface area contributed by atoms with Crippen molar-refractivity contribution in [2.45, 2.75) is 0 Å². The van der Waals surface area contributed by atoms with Gasteiger partial charge < -0.3 is 20.4 Å². The van der Waals surface area contributed by atoms with Crippen molar-refractivity contribution in [3.63, 3.8) is 0 Å². The van der Waals surface area contributed by atoms with Crippen molar-refractivity contribution in [1.82, 2.24) is 4.90 Å². The molecule has 6 heteroatoms. The van der Waals surface area contributed by atoms with Gasteiger partial charge in [-0.2, -0.15) is 5.26 Å². The maximum atomic E-state index is 11.8. The highest BCUT2D eigenvalue weighted by Gasteiger charge is 2.12. The molecule has 0 atom stereocenters. The lowest BCUT2D eigenvalue weighted by molar-refractivity contribution is 0.167. The van der Waals surface area contributed by atoms with E-state index in [0.717, 1.165) is 0 Å². The summed E-state index contributed by atoms with van der Waals surface area (Å²) in [6, 6.07) is 8.01. The fraction of sp³-hybridized carbons (Fsp3) is 0.333. The molecule has 3 N–H and O–H groups in total. The molecule has 18 heavy (non-hydrogen) atoms. The van der Waals surface area contributed by atoms with Crippen molar-refractivity contribution in [2.24, 2.45) is 0 Å². The van der Waals surface area contributed by atoms with Gasteiger partial charge >= 0.3 is 6.03 Å². The molecule has 0 fully saturated rings. The summed E-state index contributed by atoms with van der Waals surface area (Å²) >= 11 is 0. The Morgan fingerprint density at radius 3 is 2.22 bits per heavy atom. The summed E-state index contributed by atoms with van der Waals surface area (Å²) in [6.45, 7) is -0.0209. The summed E-state index contributed by atoms with van der Waals surface area (Å²) in [5.41, 5.74) is 1.07. The standard InChI is InChI=1S/C12H15N3O3/c13-9-10-1-3-11(4-2-10)14-12(18)15(5-7-16)6-8-17/h1-4,16-17H,5-8H2,(H,14,18). The third-order valence-electron chi connectivity index (χ3n) is 2.29. The predicted octanol–water partition coefficient (Wildman–Crippen LogP) is 0.377. The molecule has 1 aromatic rings. The molecule has 0 aliphatic rings. The molecular weight excluding hydrogens is 234 g/mol. The van der Waals surface area contributed by atoms with Crippen LogP contribution in [0.3, 0.4) is 0 Å². The summed E-state index contributed by atoms with van der Waals surface area (Å²) in [5, 5.41) is 28.9. The minimum atomic E-state index is -0.400. The van der Waals surface area contributed by atoms with Crippen molar-refractivity contribution >= 4 is 11.7 Å². The third kappa shape index (κ3) is 4.05. The van der Waals surface area contributed by atoms with Crippen LogP contribution < -0.4 is 5.32 Å². The molecule has 1 rings (SSSR count). The van der Waals surface area contributed by atoms with E-state index < -0.39 is 6.03 Å². The van der Waals surface area contributed by atoms with Gasteiger partial charge in [-0.05, 0) is 24.3 Å². The van der Waals surface area contributed by atoms with E-state index in [2.05, 4.69) is 5.32 Å². The molecule has 0 heterocycles. The van der Waals surface area contributed by atoms with Gasteiger partial charge in [0.2, 0.25) is 0 Å². The van der Waals surface area contributed by atoms with Crippen molar-refractivity contribution in [2.75, 3.05) is 31.6 Å². The van der Waals surface area contributed by atoms with Crippen LogP contribution in [0.15, 0.2) is 24.3 Å². The summed E-state index contributed by atoms with van der Waals surface area (Å²) in [6.07, 6.45) is 0. The van der Waals surface area contributed by atoms with Gasteiger partial charge in [-0.3, -0.25) is 0 Å². The summed E-state index contributed by atoms with van der Waals surface area (Å²) in [5.74, 6) is 0. The van der Waals surface area contributed by atoms with E-state index in [4.69, 9.17) is 15.5 Å². The number of anilines is 1. The Morgan fingerprint density at radius 1 is 1.22 bits per heavy atom. The molecule has 2 amide bonds. The summed E-state index contributed by atoms with van der Waals surface area (Å²) < 4.78 is 0. The first-order chi connectivity index (χ1) is 8.71. The lowest BCUT2D eigenvalue weighted by atomic mass is 10.2. The molecule has 0 aliphatic heterocycles. The number of hydrogen-bond donors (Lipinski definition) is 3. The lowest BCUT2D eigenvalue weighted by Gasteiger charge is -2.21. The zero-order valence-corrected chi connectivity index (χ0v) is 9.83. The van der Waals surface area contributed by atoms with Crippen molar-refractivity contribution < 1.29 is 15.0 Å². The number of rotatable bonds is 5. The Kier molecular flexibility index (Phi) is 5.64. The van der Waals surface area contributed by atoms with E-state index in [0.29, 0.717) is 11.3 Å². The number of carbonyl (C=O) groups is 1. The lowest BCUT2D eigenvalue weighted by Crippen LogP contribution is -2.38. The Labute approximate surface area is 105 Å². The van der Waals surface area contributed by atoms with Crippen LogP contribution in [0.1, 0.15) is 5.56 Å². The average Bonchev–Trinajstić information content (AvgIpc) is 2.39. The van der Waals surface area contributed by atoms with Gasteiger partial charge in [0.15, 0.2) is 0 Å². The molecule has 0 bridgehead atoms. The molecule has 6 nitrogen and oxygen atoms in total. The third-order valence-corrected chi connectivity index (χ3v) is 2.29. The second-order valence-electron chi connectivity index (χ2n) is 3.55. The molecule has 0 radical (unpaired) electrons. The van der Waals surface area contributed by atoms with Crippen LogP contribution in [-0.2, 0) is 0 Å². The predicted molar refractivity (Wildman–Crippen MR) is 65.9 cm³/mol.